The van der Waals surface area contributed by atoms with Crippen LogP contribution in [0.5, 0.6) is 0 Å². The van der Waals surface area contributed by atoms with Gasteiger partial charge in [-0.1, -0.05) is 152 Å². The van der Waals surface area contributed by atoms with E-state index in [1.54, 1.807) is 0 Å². The molecule has 0 saturated heterocycles. The van der Waals surface area contributed by atoms with Crippen molar-refractivity contribution in [3.8, 4) is 27.9 Å². The van der Waals surface area contributed by atoms with Crippen molar-refractivity contribution in [2.24, 2.45) is 0 Å². The van der Waals surface area contributed by atoms with Gasteiger partial charge in [0.15, 0.2) is 0 Å². The van der Waals surface area contributed by atoms with Gasteiger partial charge in [-0.2, -0.15) is 0 Å². The molecule has 2 heterocycles. The first-order valence-electron chi connectivity index (χ1n) is 19.9. The van der Waals surface area contributed by atoms with Gasteiger partial charge in [-0.25, -0.2) is 0 Å². The van der Waals surface area contributed by atoms with Gasteiger partial charge >= 0.3 is 0 Å². The van der Waals surface area contributed by atoms with E-state index in [-0.39, 0.29) is 5.41 Å². The standard InChI is InChI=1S/C31H21NO.C16H16.C8H10/c1-20-8-7-13-30-31(20)26-19-22(15-17-29(26)33-30)21-14-16-28-25(18-21)24-11-5-6-12-27(24)32(28)23-9-3-2-4-10-23;1-11-7-6-10-14-15(11)12-8-4-5-9-13(12)16(14,2)3;1-7-3-5-8(2)6-4-7/h2-19H,1H3;4-10H,1-3H3;3-6H,1-2H3. The second kappa shape index (κ2) is 14.5. The van der Waals surface area contributed by atoms with Crippen LogP contribution in [0.15, 0.2) is 180 Å². The number of para-hydroxylation sites is 2. The average Bonchev–Trinajstić information content (AvgIpc) is 3.86. The lowest BCUT2D eigenvalue weighted by Gasteiger charge is -2.21. The minimum absolute atomic E-state index is 0.151. The van der Waals surface area contributed by atoms with Gasteiger partial charge < -0.3 is 8.98 Å². The van der Waals surface area contributed by atoms with Gasteiger partial charge in [0.25, 0.3) is 0 Å². The molecule has 0 spiro atoms. The summed E-state index contributed by atoms with van der Waals surface area (Å²) in [5, 5.41) is 4.91. The zero-order chi connectivity index (χ0) is 39.3. The number of aryl methyl sites for hydroxylation is 4. The van der Waals surface area contributed by atoms with Crippen molar-refractivity contribution < 1.29 is 4.42 Å². The van der Waals surface area contributed by atoms with Crippen LogP contribution in [-0.2, 0) is 5.41 Å². The molecule has 57 heavy (non-hydrogen) atoms. The summed E-state index contributed by atoms with van der Waals surface area (Å²) in [5.41, 5.74) is 19.1. The predicted octanol–water partition coefficient (Wildman–Crippen LogP) is 15.3. The highest BCUT2D eigenvalue weighted by Gasteiger charge is 2.35. The van der Waals surface area contributed by atoms with Crippen molar-refractivity contribution in [3.63, 3.8) is 0 Å². The maximum Gasteiger partial charge on any atom is 0.135 e. The number of aromatic nitrogens is 1. The molecule has 0 atom stereocenters. The fraction of sp³-hybridized carbons (Fsp3) is 0.127. The van der Waals surface area contributed by atoms with Gasteiger partial charge in [-0.3, -0.25) is 0 Å². The van der Waals surface area contributed by atoms with Crippen molar-refractivity contribution in [2.75, 3.05) is 0 Å². The van der Waals surface area contributed by atoms with Crippen LogP contribution in [0.4, 0.5) is 0 Å². The molecule has 0 N–H and O–H groups in total. The molecule has 8 aromatic carbocycles. The number of hydrogen-bond acceptors (Lipinski definition) is 1. The van der Waals surface area contributed by atoms with Gasteiger partial charge in [0.1, 0.15) is 11.2 Å². The van der Waals surface area contributed by atoms with E-state index in [4.69, 9.17) is 4.42 Å². The Morgan fingerprint density at radius 1 is 0.439 bits per heavy atom. The SMILES string of the molecule is Cc1ccc(C)cc1.Cc1cccc2c1-c1ccccc1C2(C)C.Cc1cccc2oc3ccc(-c4ccc5c(c4)c4ccccc4n5-c4ccccc4)cc3c12. The third-order valence-corrected chi connectivity index (χ3v) is 11.8. The van der Waals surface area contributed by atoms with Crippen LogP contribution in [0.1, 0.15) is 47.2 Å². The normalized spacial score (nSPS) is 12.5. The average molecular weight is 738 g/mol. The largest absolute Gasteiger partial charge is 0.456 e. The molecule has 11 rings (SSSR count). The number of hydrogen-bond donors (Lipinski definition) is 0. The molecular formula is C55H47NO. The molecular weight excluding hydrogens is 691 g/mol. The monoisotopic (exact) mass is 737 g/mol. The van der Waals surface area contributed by atoms with Gasteiger partial charge in [-0.05, 0) is 121 Å². The van der Waals surface area contributed by atoms with Crippen molar-refractivity contribution >= 4 is 43.7 Å². The van der Waals surface area contributed by atoms with E-state index in [0.717, 1.165) is 11.2 Å². The van der Waals surface area contributed by atoms with Crippen molar-refractivity contribution in [1.29, 1.82) is 0 Å². The molecule has 2 heteroatoms. The van der Waals surface area contributed by atoms with E-state index in [1.165, 1.54) is 93.9 Å². The van der Waals surface area contributed by atoms with Crippen LogP contribution in [0.25, 0.3) is 71.7 Å². The number of nitrogens with zero attached hydrogens (tertiary/aromatic N) is 1. The van der Waals surface area contributed by atoms with Crippen LogP contribution < -0.4 is 0 Å². The van der Waals surface area contributed by atoms with E-state index in [1.807, 2.05) is 6.07 Å². The Labute approximate surface area is 335 Å². The van der Waals surface area contributed by atoms with Crippen molar-refractivity contribution in [1.82, 2.24) is 4.57 Å². The molecule has 1 aliphatic rings. The fourth-order valence-corrected chi connectivity index (χ4v) is 8.77. The highest BCUT2D eigenvalue weighted by atomic mass is 16.3. The molecule has 0 unspecified atom stereocenters. The highest BCUT2D eigenvalue weighted by molar-refractivity contribution is 6.11. The number of rotatable bonds is 2. The third-order valence-electron chi connectivity index (χ3n) is 11.8. The first-order chi connectivity index (χ1) is 27.7. The van der Waals surface area contributed by atoms with E-state index in [0.29, 0.717) is 0 Å². The summed E-state index contributed by atoms with van der Waals surface area (Å²) < 4.78 is 8.45. The summed E-state index contributed by atoms with van der Waals surface area (Å²) in [7, 11) is 0. The molecule has 10 aromatic rings. The fourth-order valence-electron chi connectivity index (χ4n) is 8.77. The molecule has 0 bridgehead atoms. The molecule has 0 aliphatic heterocycles. The minimum atomic E-state index is 0.151. The Bertz CT molecular complexity index is 3050. The van der Waals surface area contributed by atoms with E-state index < -0.39 is 0 Å². The minimum Gasteiger partial charge on any atom is -0.456 e. The third kappa shape index (κ3) is 6.42. The number of benzene rings is 8. The van der Waals surface area contributed by atoms with Crippen LogP contribution >= 0.6 is 0 Å². The summed E-state index contributed by atoms with van der Waals surface area (Å²) >= 11 is 0. The van der Waals surface area contributed by atoms with Gasteiger partial charge in [0.05, 0.1) is 11.0 Å². The summed E-state index contributed by atoms with van der Waals surface area (Å²) in [5.74, 6) is 0. The Morgan fingerprint density at radius 3 is 1.81 bits per heavy atom. The van der Waals surface area contributed by atoms with Crippen molar-refractivity contribution in [3.05, 3.63) is 209 Å². The smallest absolute Gasteiger partial charge is 0.135 e. The van der Waals surface area contributed by atoms with Crippen LogP contribution in [0.2, 0.25) is 0 Å². The lowest BCUT2D eigenvalue weighted by atomic mass is 9.82. The first-order valence-corrected chi connectivity index (χ1v) is 19.9. The highest BCUT2D eigenvalue weighted by Crippen LogP contribution is 2.49. The quantitative estimate of drug-likeness (QED) is 0.173. The zero-order valence-electron chi connectivity index (χ0n) is 33.6. The Morgan fingerprint density at radius 2 is 1.04 bits per heavy atom. The molecule has 0 radical (unpaired) electrons. The van der Waals surface area contributed by atoms with Gasteiger partial charge in [0, 0.05) is 32.6 Å². The summed E-state index contributed by atoms with van der Waals surface area (Å²) in [6.45, 7) is 13.2. The molecule has 1 aliphatic carbocycles. The molecule has 0 fully saturated rings. The van der Waals surface area contributed by atoms with E-state index in [9.17, 15) is 0 Å². The van der Waals surface area contributed by atoms with Crippen LogP contribution in [-0.4, -0.2) is 4.57 Å². The van der Waals surface area contributed by atoms with E-state index in [2.05, 4.69) is 216 Å². The Balaban J connectivity index is 0.000000145. The van der Waals surface area contributed by atoms with E-state index >= 15 is 0 Å². The maximum atomic E-state index is 6.10. The number of fused-ring (bicyclic) bond motifs is 9. The lowest BCUT2D eigenvalue weighted by Crippen LogP contribution is -2.14. The second-order valence-corrected chi connectivity index (χ2v) is 16.0. The second-order valence-electron chi connectivity index (χ2n) is 16.0. The van der Waals surface area contributed by atoms with Gasteiger partial charge in [-0.15, -0.1) is 0 Å². The Hall–Kier alpha value is -6.64. The van der Waals surface area contributed by atoms with Crippen LogP contribution in [0, 0.1) is 27.7 Å². The molecule has 0 amide bonds. The summed E-state index contributed by atoms with van der Waals surface area (Å²) in [6.07, 6.45) is 0. The zero-order valence-corrected chi connectivity index (χ0v) is 33.6. The topological polar surface area (TPSA) is 18.1 Å². The number of furan rings is 1. The molecule has 0 saturated carbocycles. The van der Waals surface area contributed by atoms with Crippen LogP contribution in [0.3, 0.4) is 0 Å². The first kappa shape index (κ1) is 36.0. The molecule has 2 aromatic heterocycles. The summed E-state index contributed by atoms with van der Waals surface area (Å²) in [6, 6.07) is 62.7. The molecule has 278 valence electrons. The Kier molecular flexibility index (Phi) is 9.14. The summed E-state index contributed by atoms with van der Waals surface area (Å²) in [4.78, 5) is 0. The van der Waals surface area contributed by atoms with Gasteiger partial charge in [0.2, 0.25) is 0 Å². The molecule has 2 nitrogen and oxygen atoms in total. The lowest BCUT2D eigenvalue weighted by molar-refractivity contribution is 0.660. The van der Waals surface area contributed by atoms with Crippen molar-refractivity contribution in [2.45, 2.75) is 47.0 Å². The predicted molar refractivity (Wildman–Crippen MR) is 243 cm³/mol. The maximum absolute atomic E-state index is 6.10.